The zero-order valence-corrected chi connectivity index (χ0v) is 20.2. The summed E-state index contributed by atoms with van der Waals surface area (Å²) in [6.45, 7) is 7.07. The number of rotatable bonds is 14. The maximum absolute atomic E-state index is 11.5. The summed E-state index contributed by atoms with van der Waals surface area (Å²) in [5, 5.41) is 0. The van der Waals surface area contributed by atoms with Crippen molar-refractivity contribution in [2.45, 2.75) is 98.3 Å². The fourth-order valence-electron chi connectivity index (χ4n) is 3.80. The van der Waals surface area contributed by atoms with Gasteiger partial charge in [0, 0.05) is 0 Å². The van der Waals surface area contributed by atoms with E-state index in [0.717, 1.165) is 19.3 Å². The summed E-state index contributed by atoms with van der Waals surface area (Å²) in [4.78, 5) is 11.5. The quantitative estimate of drug-likeness (QED) is 0.202. The van der Waals surface area contributed by atoms with Crippen LogP contribution in [0.3, 0.4) is 0 Å². The Morgan fingerprint density at radius 2 is 1.54 bits per heavy atom. The molecule has 0 aromatic heterocycles. The van der Waals surface area contributed by atoms with Crippen LogP contribution in [0, 0.1) is 0 Å². The third-order valence-electron chi connectivity index (χ3n) is 5.44. The van der Waals surface area contributed by atoms with Crippen LogP contribution in [0.25, 0.3) is 0 Å². The number of carbonyl (C=O) groups excluding carboxylic acids is 1. The van der Waals surface area contributed by atoms with Gasteiger partial charge >= 0.3 is 160 Å². The Morgan fingerprint density at radius 3 is 2.04 bits per heavy atom. The van der Waals surface area contributed by atoms with Gasteiger partial charge in [-0.1, -0.05) is 0 Å². The molecule has 140 valence electrons. The van der Waals surface area contributed by atoms with Crippen LogP contribution in [0.5, 0.6) is 0 Å². The van der Waals surface area contributed by atoms with Crippen molar-refractivity contribution in [1.29, 1.82) is 0 Å². The zero-order valence-electron chi connectivity index (χ0n) is 16.5. The molecule has 0 bridgehead atoms. The standard InChI is InChI=1S/C9H13OS.3C4H9.Sn/c1-11-6-5-8-3-2-4-9(10)7-8;3*1-3-4-2;/h7H,1-6H2;3*1,3-4H2,2H3;. The van der Waals surface area contributed by atoms with Crippen LogP contribution >= 0.6 is 11.8 Å². The normalized spacial score (nSPS) is 15.6. The van der Waals surface area contributed by atoms with Gasteiger partial charge in [-0.25, -0.2) is 0 Å². The molecule has 0 radical (unpaired) electrons. The van der Waals surface area contributed by atoms with Gasteiger partial charge in [0.1, 0.15) is 0 Å². The van der Waals surface area contributed by atoms with E-state index in [-0.39, 0.29) is 0 Å². The number of thioether (sulfide) groups is 1. The molecule has 1 nitrogen and oxygen atoms in total. The predicted octanol–water partition coefficient (Wildman–Crippen LogP) is 7.18. The molecule has 0 amide bonds. The molecule has 0 aromatic carbocycles. The number of allylic oxidation sites excluding steroid dienone is 2. The Bertz CT molecular complexity index is 356. The second kappa shape index (κ2) is 13.7. The SMILES string of the molecule is CCC[CH2][Sn]([CH2]CCC)([CH2]CCC)[CH2]SCCC1=CC(=O)CCC1. The molecule has 0 aromatic rings. The molecule has 0 aliphatic heterocycles. The monoisotopic (exact) mass is 460 g/mol. The summed E-state index contributed by atoms with van der Waals surface area (Å²) >= 11 is 0.318. The molecule has 0 unspecified atom stereocenters. The molecule has 0 N–H and O–H groups in total. The average molecular weight is 459 g/mol. The first-order chi connectivity index (χ1) is 11.7. The van der Waals surface area contributed by atoms with Gasteiger partial charge in [0.15, 0.2) is 0 Å². The fraction of sp³-hybridized carbons (Fsp3) is 0.857. The van der Waals surface area contributed by atoms with E-state index in [9.17, 15) is 4.79 Å². The van der Waals surface area contributed by atoms with E-state index in [1.54, 1.807) is 13.3 Å². The summed E-state index contributed by atoms with van der Waals surface area (Å²) in [6.07, 6.45) is 14.7. The van der Waals surface area contributed by atoms with Crippen LogP contribution in [0.2, 0.25) is 13.3 Å². The van der Waals surface area contributed by atoms with E-state index >= 15 is 0 Å². The van der Waals surface area contributed by atoms with Crippen molar-refractivity contribution in [3.63, 3.8) is 0 Å². The van der Waals surface area contributed by atoms with E-state index in [0.29, 0.717) is 5.78 Å². The topological polar surface area (TPSA) is 17.1 Å². The molecule has 3 heteroatoms. The minimum absolute atomic E-state index is 0.364. The Hall–Kier alpha value is 0.559. The molecular weight excluding hydrogens is 419 g/mol. The van der Waals surface area contributed by atoms with Gasteiger partial charge in [0.05, 0.1) is 0 Å². The Kier molecular flexibility index (Phi) is 12.9. The van der Waals surface area contributed by atoms with Crippen molar-refractivity contribution < 1.29 is 4.79 Å². The summed E-state index contributed by atoms with van der Waals surface area (Å²) < 4.78 is 6.41. The van der Waals surface area contributed by atoms with Crippen LogP contribution in [0.1, 0.15) is 85.0 Å². The number of unbranched alkanes of at least 4 members (excludes halogenated alkanes) is 3. The second-order valence-corrected chi connectivity index (χ2v) is 24.2. The van der Waals surface area contributed by atoms with E-state index in [4.69, 9.17) is 0 Å². The van der Waals surface area contributed by atoms with E-state index in [2.05, 4.69) is 32.5 Å². The van der Waals surface area contributed by atoms with Crippen molar-refractivity contribution >= 4 is 35.9 Å². The summed E-state index contributed by atoms with van der Waals surface area (Å²) in [5.41, 5.74) is 1.43. The van der Waals surface area contributed by atoms with Crippen molar-refractivity contribution in [1.82, 2.24) is 0 Å². The Morgan fingerprint density at radius 1 is 0.958 bits per heavy atom. The van der Waals surface area contributed by atoms with Gasteiger partial charge in [0.2, 0.25) is 0 Å². The predicted molar refractivity (Wildman–Crippen MR) is 114 cm³/mol. The van der Waals surface area contributed by atoms with Crippen molar-refractivity contribution in [2.75, 3.05) is 9.52 Å². The second-order valence-electron chi connectivity index (χ2n) is 7.74. The van der Waals surface area contributed by atoms with Gasteiger partial charge in [-0.2, -0.15) is 0 Å². The number of carbonyl (C=O) groups is 1. The average Bonchev–Trinajstić information content (AvgIpc) is 2.59. The summed E-state index contributed by atoms with van der Waals surface area (Å²) in [6, 6.07) is 0. The van der Waals surface area contributed by atoms with Crippen LogP contribution in [0.15, 0.2) is 11.6 Å². The first-order valence-corrected chi connectivity index (χ1v) is 19.7. The molecule has 0 saturated heterocycles. The number of ketones is 1. The Labute approximate surface area is 159 Å². The van der Waals surface area contributed by atoms with Gasteiger partial charge in [-0.3, -0.25) is 0 Å². The summed E-state index contributed by atoms with van der Waals surface area (Å²) in [7, 11) is 0. The van der Waals surface area contributed by atoms with Gasteiger partial charge in [-0.15, -0.1) is 0 Å². The third-order valence-corrected chi connectivity index (χ3v) is 25.9. The molecule has 1 aliphatic carbocycles. The van der Waals surface area contributed by atoms with Crippen molar-refractivity contribution in [3.8, 4) is 0 Å². The van der Waals surface area contributed by atoms with Gasteiger partial charge < -0.3 is 0 Å². The zero-order chi connectivity index (χ0) is 17.7. The molecule has 0 saturated carbocycles. The van der Waals surface area contributed by atoms with Gasteiger partial charge in [-0.05, 0) is 0 Å². The molecule has 1 rings (SSSR count). The molecule has 1 aliphatic rings. The number of hydrogen-bond acceptors (Lipinski definition) is 2. The summed E-state index contributed by atoms with van der Waals surface area (Å²) in [5.74, 6) is 1.62. The van der Waals surface area contributed by atoms with Crippen molar-refractivity contribution in [3.05, 3.63) is 11.6 Å². The van der Waals surface area contributed by atoms with Gasteiger partial charge in [0.25, 0.3) is 0 Å². The molecule has 0 atom stereocenters. The number of hydrogen-bond donors (Lipinski definition) is 0. The van der Waals surface area contributed by atoms with Crippen LogP contribution in [-0.4, -0.2) is 33.7 Å². The molecule has 0 spiro atoms. The van der Waals surface area contributed by atoms with Crippen LogP contribution < -0.4 is 0 Å². The van der Waals surface area contributed by atoms with Crippen LogP contribution in [0.4, 0.5) is 0 Å². The Balaban J connectivity index is 2.49. The molecule has 0 heterocycles. The third kappa shape index (κ3) is 9.31. The first-order valence-electron chi connectivity index (χ1n) is 10.5. The van der Waals surface area contributed by atoms with E-state index < -0.39 is 18.4 Å². The molecule has 0 fully saturated rings. The first kappa shape index (κ1) is 22.6. The van der Waals surface area contributed by atoms with E-state index in [1.807, 2.05) is 6.08 Å². The molecule has 24 heavy (non-hydrogen) atoms. The van der Waals surface area contributed by atoms with E-state index in [1.165, 1.54) is 60.0 Å². The maximum atomic E-state index is 11.5. The van der Waals surface area contributed by atoms with Crippen LogP contribution in [-0.2, 0) is 4.79 Å². The molecular formula is C21H40OSSn. The van der Waals surface area contributed by atoms with Crippen molar-refractivity contribution in [2.24, 2.45) is 0 Å². The minimum atomic E-state index is -1.93. The fourth-order valence-corrected chi connectivity index (χ4v) is 25.5.